The average Bonchev–Trinajstić information content (AvgIpc) is 3.67. The number of nitrogens with zero attached hydrogens (tertiary/aromatic N) is 4. The smallest absolute Gasteiger partial charge is 0.382 e. The quantitative estimate of drug-likeness (QED) is 0.238. The predicted molar refractivity (Wildman–Crippen MR) is 141 cm³/mol. The Bertz CT molecular complexity index is 1380. The van der Waals surface area contributed by atoms with Crippen LogP contribution in [0.2, 0.25) is 0 Å². The number of hydrogen-bond donors (Lipinski definition) is 4. The van der Waals surface area contributed by atoms with E-state index in [0.717, 1.165) is 25.1 Å². The summed E-state index contributed by atoms with van der Waals surface area (Å²) in [5.41, 5.74) is 5.21. The van der Waals surface area contributed by atoms with Crippen molar-refractivity contribution in [3.8, 4) is 6.07 Å². The highest BCUT2D eigenvalue weighted by Gasteiger charge is 2.39. The van der Waals surface area contributed by atoms with Crippen molar-refractivity contribution in [1.82, 2.24) is 20.0 Å². The lowest BCUT2D eigenvalue weighted by Gasteiger charge is -2.40. The first-order chi connectivity index (χ1) is 19.4. The summed E-state index contributed by atoms with van der Waals surface area (Å²) in [4.78, 5) is 26.4. The standard InChI is InChI=1S/C27H30F4N8O2/c28-21-13-17(1-4-19(21)22(33)5-10-35-16-27(29,30)31)14-38-11-7-26(6-9-32,8-12-38)39-15-20(23(34)40)24(37-39)36-25(41)18-2-3-18/h1,4-5,10,13,15,18,33,35H,2-3,6-8,11-12,14,16H2,(H2,34,40)(H,36,37,41)/b10-5-,33-22?. The van der Waals surface area contributed by atoms with Gasteiger partial charge in [0.25, 0.3) is 5.91 Å². The van der Waals surface area contributed by atoms with Crippen LogP contribution >= 0.6 is 0 Å². The molecule has 1 aromatic heterocycles. The lowest BCUT2D eigenvalue weighted by Crippen LogP contribution is -2.46. The number of hydrogen-bond acceptors (Lipinski definition) is 7. The van der Waals surface area contributed by atoms with Gasteiger partial charge in [-0.15, -0.1) is 0 Å². The van der Waals surface area contributed by atoms with Crippen LogP contribution in [0.25, 0.3) is 0 Å². The minimum absolute atomic E-state index is 0.0426. The summed E-state index contributed by atoms with van der Waals surface area (Å²) in [5.74, 6) is -1.64. The zero-order valence-corrected chi connectivity index (χ0v) is 22.1. The number of amides is 2. The van der Waals surface area contributed by atoms with Gasteiger partial charge in [-0.3, -0.25) is 19.2 Å². The van der Waals surface area contributed by atoms with Gasteiger partial charge in [0.05, 0.1) is 23.7 Å². The van der Waals surface area contributed by atoms with Crippen LogP contribution < -0.4 is 16.4 Å². The van der Waals surface area contributed by atoms with E-state index in [1.54, 1.807) is 10.7 Å². The van der Waals surface area contributed by atoms with Gasteiger partial charge in [-0.05, 0) is 55.7 Å². The molecule has 1 aromatic carbocycles. The fraction of sp³-hybridized carbons (Fsp3) is 0.444. The van der Waals surface area contributed by atoms with Crippen LogP contribution in [0.15, 0.2) is 36.7 Å². The number of benzene rings is 1. The van der Waals surface area contributed by atoms with E-state index < -0.39 is 30.0 Å². The molecular formula is C27H30F4N8O2. The monoisotopic (exact) mass is 574 g/mol. The number of carbonyl (C=O) groups is 2. The van der Waals surface area contributed by atoms with Crippen LogP contribution in [-0.4, -0.2) is 58.0 Å². The minimum Gasteiger partial charge on any atom is -0.382 e. The van der Waals surface area contributed by atoms with Crippen molar-refractivity contribution in [3.05, 3.63) is 59.2 Å². The molecule has 41 heavy (non-hydrogen) atoms. The number of aromatic nitrogens is 2. The number of halogens is 4. The van der Waals surface area contributed by atoms with Crippen LogP contribution in [-0.2, 0) is 16.9 Å². The van der Waals surface area contributed by atoms with Gasteiger partial charge in [0.2, 0.25) is 5.91 Å². The van der Waals surface area contributed by atoms with Crippen molar-refractivity contribution in [2.75, 3.05) is 25.0 Å². The summed E-state index contributed by atoms with van der Waals surface area (Å²) in [6.07, 6.45) is 1.77. The highest BCUT2D eigenvalue weighted by molar-refractivity contribution is 6.06. The molecule has 4 rings (SSSR count). The molecular weight excluding hydrogens is 544 g/mol. The number of nitrogens with two attached hydrogens (primary N) is 1. The molecule has 218 valence electrons. The molecule has 2 aliphatic rings. The van der Waals surface area contributed by atoms with Crippen molar-refractivity contribution in [1.29, 1.82) is 10.7 Å². The molecule has 0 radical (unpaired) electrons. The van der Waals surface area contributed by atoms with Gasteiger partial charge in [-0.1, -0.05) is 6.07 Å². The first kappa shape index (κ1) is 29.7. The van der Waals surface area contributed by atoms with E-state index in [0.29, 0.717) is 38.0 Å². The zero-order valence-electron chi connectivity index (χ0n) is 22.1. The number of alkyl halides is 3. The normalized spacial score (nSPS) is 17.2. The number of allylic oxidation sites excluding steroid dienone is 1. The van der Waals surface area contributed by atoms with E-state index in [2.05, 4.69) is 21.4 Å². The molecule has 2 heterocycles. The predicted octanol–water partition coefficient (Wildman–Crippen LogP) is 3.41. The fourth-order valence-corrected chi connectivity index (χ4v) is 4.76. The van der Waals surface area contributed by atoms with Crippen LogP contribution in [0.5, 0.6) is 0 Å². The highest BCUT2D eigenvalue weighted by atomic mass is 19.4. The number of nitriles is 1. The third-order valence-electron chi connectivity index (χ3n) is 7.25. The van der Waals surface area contributed by atoms with Gasteiger partial charge in [0.15, 0.2) is 5.82 Å². The second-order valence-corrected chi connectivity index (χ2v) is 10.4. The fourth-order valence-electron chi connectivity index (χ4n) is 4.76. The summed E-state index contributed by atoms with van der Waals surface area (Å²) < 4.78 is 53.0. The summed E-state index contributed by atoms with van der Waals surface area (Å²) in [6, 6.07) is 6.56. The Morgan fingerprint density at radius 3 is 2.54 bits per heavy atom. The van der Waals surface area contributed by atoms with Crippen molar-refractivity contribution in [2.24, 2.45) is 11.7 Å². The zero-order chi connectivity index (χ0) is 29.8. The van der Waals surface area contributed by atoms with Crippen LogP contribution in [0.3, 0.4) is 0 Å². The number of rotatable bonds is 11. The molecule has 0 unspecified atom stereocenters. The Kier molecular flexibility index (Phi) is 8.77. The molecule has 14 heteroatoms. The lowest BCUT2D eigenvalue weighted by atomic mass is 9.84. The van der Waals surface area contributed by atoms with Crippen LogP contribution in [0.4, 0.5) is 23.4 Å². The molecule has 2 aromatic rings. The van der Waals surface area contributed by atoms with Crippen LogP contribution in [0, 0.1) is 28.5 Å². The van der Waals surface area contributed by atoms with Crippen molar-refractivity contribution >= 4 is 23.3 Å². The SMILES string of the molecule is N#CCC1(n2cc(C(N)=O)c(NC(=O)C3CC3)n2)CCN(Cc2ccc(C(=N)/C=C\NCC(F)(F)F)c(F)c2)CC1. The van der Waals surface area contributed by atoms with Crippen LogP contribution in [0.1, 0.15) is 53.6 Å². The van der Waals surface area contributed by atoms with E-state index in [4.69, 9.17) is 11.1 Å². The third-order valence-corrected chi connectivity index (χ3v) is 7.25. The first-order valence-electron chi connectivity index (χ1n) is 13.0. The Morgan fingerprint density at radius 1 is 1.24 bits per heavy atom. The first-order valence-corrected chi connectivity index (χ1v) is 13.0. The van der Waals surface area contributed by atoms with Gasteiger partial charge < -0.3 is 21.8 Å². The van der Waals surface area contributed by atoms with Gasteiger partial charge in [-0.2, -0.15) is 23.5 Å². The summed E-state index contributed by atoms with van der Waals surface area (Å²) in [7, 11) is 0. The van der Waals surface area contributed by atoms with Gasteiger partial charge in [0.1, 0.15) is 17.9 Å². The number of carbonyl (C=O) groups excluding carboxylic acids is 2. The van der Waals surface area contributed by atoms with Gasteiger partial charge in [-0.25, -0.2) is 4.39 Å². The summed E-state index contributed by atoms with van der Waals surface area (Å²) in [6.45, 7) is 0.201. The molecule has 10 nitrogen and oxygen atoms in total. The second kappa shape index (κ2) is 12.1. The highest BCUT2D eigenvalue weighted by Crippen LogP contribution is 2.36. The van der Waals surface area contributed by atoms with E-state index >= 15 is 0 Å². The summed E-state index contributed by atoms with van der Waals surface area (Å²) in [5, 5.41) is 26.7. The number of piperidine rings is 1. The molecule has 1 saturated heterocycles. The van der Waals surface area contributed by atoms with Crippen molar-refractivity contribution < 1.29 is 27.2 Å². The number of primary amides is 1. The third kappa shape index (κ3) is 7.49. The number of likely N-dealkylation sites (tertiary alicyclic amines) is 1. The molecule has 2 fully saturated rings. The molecule has 1 saturated carbocycles. The average molecular weight is 575 g/mol. The summed E-state index contributed by atoms with van der Waals surface area (Å²) >= 11 is 0. The van der Waals surface area contributed by atoms with Gasteiger partial charge >= 0.3 is 6.18 Å². The molecule has 2 amide bonds. The molecule has 1 aliphatic carbocycles. The minimum atomic E-state index is -4.40. The lowest BCUT2D eigenvalue weighted by molar-refractivity contribution is -0.122. The number of anilines is 1. The Labute approximate surface area is 233 Å². The second-order valence-electron chi connectivity index (χ2n) is 10.4. The number of nitrogens with one attached hydrogen (secondary N) is 3. The maximum absolute atomic E-state index is 14.7. The van der Waals surface area contributed by atoms with E-state index in [1.165, 1.54) is 18.3 Å². The van der Waals surface area contributed by atoms with E-state index in [1.807, 2.05) is 5.32 Å². The van der Waals surface area contributed by atoms with Gasteiger partial charge in [0, 0.05) is 37.3 Å². The van der Waals surface area contributed by atoms with E-state index in [9.17, 15) is 32.4 Å². The largest absolute Gasteiger partial charge is 0.405 e. The topological polar surface area (TPSA) is 153 Å². The molecule has 0 atom stereocenters. The molecule has 5 N–H and O–H groups in total. The maximum atomic E-state index is 14.7. The Morgan fingerprint density at radius 2 is 1.95 bits per heavy atom. The van der Waals surface area contributed by atoms with E-state index in [-0.39, 0.29) is 40.9 Å². The Balaban J connectivity index is 1.40. The molecule has 0 spiro atoms. The molecule has 1 aliphatic heterocycles. The van der Waals surface area contributed by atoms with Crippen molar-refractivity contribution in [3.63, 3.8) is 0 Å². The molecule has 0 bridgehead atoms. The maximum Gasteiger partial charge on any atom is 0.405 e. The Hall–Kier alpha value is -4.25. The van der Waals surface area contributed by atoms with Crippen molar-refractivity contribution in [2.45, 2.75) is 50.4 Å².